The molecule has 0 aliphatic heterocycles. The summed E-state index contributed by atoms with van der Waals surface area (Å²) in [6.07, 6.45) is 6.54. The standard InChI is InChI=1S/C18H28BrNO/c1-5-6-7-8-9-13-21-17-15(11-10-12-16(17)19)14-20-18(2,3)4/h5,10-12,20H,1,6-9,13-14H2,2-4H3. The molecule has 0 spiro atoms. The number of unbranched alkanes of at least 4 members (excludes halogenated alkanes) is 3. The smallest absolute Gasteiger partial charge is 0.137 e. The normalized spacial score (nSPS) is 11.4. The first-order valence-electron chi connectivity index (χ1n) is 7.70. The molecule has 3 heteroatoms. The molecule has 0 saturated heterocycles. The van der Waals surface area contributed by atoms with Gasteiger partial charge in [0.2, 0.25) is 0 Å². The number of ether oxygens (including phenoxy) is 1. The minimum absolute atomic E-state index is 0.101. The lowest BCUT2D eigenvalue weighted by atomic mass is 10.1. The third-order valence-corrected chi connectivity index (χ3v) is 3.78. The van der Waals surface area contributed by atoms with Crippen molar-refractivity contribution in [3.05, 3.63) is 40.9 Å². The Labute approximate surface area is 138 Å². The van der Waals surface area contributed by atoms with Crippen LogP contribution < -0.4 is 10.1 Å². The van der Waals surface area contributed by atoms with E-state index >= 15 is 0 Å². The Morgan fingerprint density at radius 2 is 2.00 bits per heavy atom. The van der Waals surface area contributed by atoms with Crippen LogP contribution in [-0.2, 0) is 6.54 Å². The third kappa shape index (κ3) is 7.68. The van der Waals surface area contributed by atoms with E-state index in [1.54, 1.807) is 0 Å². The average Bonchev–Trinajstić information content (AvgIpc) is 2.41. The van der Waals surface area contributed by atoms with E-state index in [9.17, 15) is 0 Å². The Morgan fingerprint density at radius 3 is 2.67 bits per heavy atom. The summed E-state index contributed by atoms with van der Waals surface area (Å²) in [5.41, 5.74) is 1.30. The molecule has 0 aliphatic rings. The molecule has 1 N–H and O–H groups in total. The van der Waals surface area contributed by atoms with Gasteiger partial charge in [0.15, 0.2) is 0 Å². The van der Waals surface area contributed by atoms with Crippen molar-refractivity contribution in [1.29, 1.82) is 0 Å². The highest BCUT2D eigenvalue weighted by atomic mass is 79.9. The van der Waals surface area contributed by atoms with Crippen LogP contribution in [0.3, 0.4) is 0 Å². The quantitative estimate of drug-likeness (QED) is 0.469. The third-order valence-electron chi connectivity index (χ3n) is 3.16. The number of nitrogens with one attached hydrogen (secondary N) is 1. The number of allylic oxidation sites excluding steroid dienone is 1. The van der Waals surface area contributed by atoms with Gasteiger partial charge >= 0.3 is 0 Å². The van der Waals surface area contributed by atoms with Gasteiger partial charge in [-0.2, -0.15) is 0 Å². The van der Waals surface area contributed by atoms with E-state index in [1.807, 2.05) is 12.1 Å². The minimum Gasteiger partial charge on any atom is -0.492 e. The first-order valence-corrected chi connectivity index (χ1v) is 8.49. The van der Waals surface area contributed by atoms with E-state index in [-0.39, 0.29) is 5.54 Å². The van der Waals surface area contributed by atoms with Crippen LogP contribution in [0.1, 0.15) is 52.0 Å². The number of benzene rings is 1. The molecule has 0 aliphatic carbocycles. The van der Waals surface area contributed by atoms with Crippen LogP contribution in [0.4, 0.5) is 0 Å². The zero-order valence-electron chi connectivity index (χ0n) is 13.5. The predicted molar refractivity (Wildman–Crippen MR) is 94.9 cm³/mol. The fraction of sp³-hybridized carbons (Fsp3) is 0.556. The number of halogens is 1. The molecule has 0 fully saturated rings. The highest BCUT2D eigenvalue weighted by molar-refractivity contribution is 9.10. The van der Waals surface area contributed by atoms with Gasteiger partial charge < -0.3 is 10.1 Å². The number of hydrogen-bond donors (Lipinski definition) is 1. The summed E-state index contributed by atoms with van der Waals surface area (Å²) in [4.78, 5) is 0. The van der Waals surface area contributed by atoms with Crippen molar-refractivity contribution in [3.8, 4) is 5.75 Å². The Kier molecular flexibility index (Phi) is 8.05. The maximum absolute atomic E-state index is 6.00. The van der Waals surface area contributed by atoms with E-state index in [0.29, 0.717) is 0 Å². The first kappa shape index (κ1) is 18.2. The fourth-order valence-corrected chi connectivity index (χ4v) is 2.48. The van der Waals surface area contributed by atoms with Crippen molar-refractivity contribution >= 4 is 15.9 Å². The molecule has 118 valence electrons. The molecule has 0 unspecified atom stereocenters. The summed E-state index contributed by atoms with van der Waals surface area (Å²) in [5.74, 6) is 0.970. The van der Waals surface area contributed by atoms with Crippen molar-refractivity contribution in [2.45, 2.75) is 58.5 Å². The topological polar surface area (TPSA) is 21.3 Å². The molecule has 0 radical (unpaired) electrons. The molecule has 0 aromatic heterocycles. The molecule has 1 aromatic rings. The Bertz CT molecular complexity index is 437. The van der Waals surface area contributed by atoms with Gasteiger partial charge in [-0.1, -0.05) is 18.2 Å². The van der Waals surface area contributed by atoms with E-state index < -0.39 is 0 Å². The van der Waals surface area contributed by atoms with Gasteiger partial charge in [0.05, 0.1) is 11.1 Å². The summed E-state index contributed by atoms with van der Waals surface area (Å²) in [5, 5.41) is 3.51. The van der Waals surface area contributed by atoms with E-state index in [2.05, 4.69) is 60.7 Å². The van der Waals surface area contributed by atoms with Gasteiger partial charge in [0.1, 0.15) is 5.75 Å². The van der Waals surface area contributed by atoms with Crippen LogP contribution >= 0.6 is 15.9 Å². The van der Waals surface area contributed by atoms with Gasteiger partial charge in [-0.15, -0.1) is 6.58 Å². The van der Waals surface area contributed by atoms with Gasteiger partial charge in [-0.3, -0.25) is 0 Å². The molecular weight excluding hydrogens is 326 g/mol. The zero-order chi connectivity index (χ0) is 15.7. The van der Waals surface area contributed by atoms with E-state index in [1.165, 1.54) is 18.4 Å². The second-order valence-electron chi connectivity index (χ2n) is 6.32. The average molecular weight is 354 g/mol. The van der Waals surface area contributed by atoms with Crippen molar-refractivity contribution in [1.82, 2.24) is 5.32 Å². The fourth-order valence-electron chi connectivity index (χ4n) is 1.96. The number of rotatable bonds is 9. The lowest BCUT2D eigenvalue weighted by molar-refractivity contribution is 0.298. The van der Waals surface area contributed by atoms with Crippen LogP contribution in [0.15, 0.2) is 35.3 Å². The van der Waals surface area contributed by atoms with Gasteiger partial charge in [-0.25, -0.2) is 0 Å². The van der Waals surface area contributed by atoms with Gasteiger partial charge in [0.25, 0.3) is 0 Å². The SMILES string of the molecule is C=CCCCCCOc1c(Br)cccc1CNC(C)(C)C. The van der Waals surface area contributed by atoms with E-state index in [0.717, 1.165) is 36.2 Å². The first-order chi connectivity index (χ1) is 9.94. The maximum Gasteiger partial charge on any atom is 0.137 e. The van der Waals surface area contributed by atoms with Crippen molar-refractivity contribution in [2.24, 2.45) is 0 Å². The monoisotopic (exact) mass is 353 g/mol. The summed E-state index contributed by atoms with van der Waals surface area (Å²) in [6.45, 7) is 11.8. The predicted octanol–water partition coefficient (Wildman–Crippen LogP) is 5.46. The minimum atomic E-state index is 0.101. The summed E-state index contributed by atoms with van der Waals surface area (Å²) in [6, 6.07) is 6.21. The zero-order valence-corrected chi connectivity index (χ0v) is 15.1. The molecule has 0 atom stereocenters. The van der Waals surface area contributed by atoms with Crippen LogP contribution in [0.5, 0.6) is 5.75 Å². The summed E-state index contributed by atoms with van der Waals surface area (Å²) >= 11 is 3.60. The molecular formula is C18H28BrNO. The molecule has 1 aromatic carbocycles. The molecule has 2 nitrogen and oxygen atoms in total. The second-order valence-corrected chi connectivity index (χ2v) is 7.17. The highest BCUT2D eigenvalue weighted by Gasteiger charge is 2.12. The largest absolute Gasteiger partial charge is 0.492 e. The van der Waals surface area contributed by atoms with Crippen molar-refractivity contribution in [2.75, 3.05) is 6.61 Å². The molecule has 0 saturated carbocycles. The summed E-state index contributed by atoms with van der Waals surface area (Å²) in [7, 11) is 0. The molecule has 0 amide bonds. The van der Waals surface area contributed by atoms with Crippen LogP contribution in [0.2, 0.25) is 0 Å². The Balaban J connectivity index is 2.53. The Hall–Kier alpha value is -0.800. The van der Waals surface area contributed by atoms with Crippen molar-refractivity contribution < 1.29 is 4.74 Å². The molecule has 21 heavy (non-hydrogen) atoms. The van der Waals surface area contributed by atoms with Crippen LogP contribution in [-0.4, -0.2) is 12.1 Å². The lowest BCUT2D eigenvalue weighted by Gasteiger charge is -2.22. The molecule has 0 heterocycles. The highest BCUT2D eigenvalue weighted by Crippen LogP contribution is 2.29. The number of hydrogen-bond acceptors (Lipinski definition) is 2. The summed E-state index contributed by atoms with van der Waals surface area (Å²) < 4.78 is 7.03. The second kappa shape index (κ2) is 9.26. The lowest BCUT2D eigenvalue weighted by Crippen LogP contribution is -2.35. The maximum atomic E-state index is 6.00. The van der Waals surface area contributed by atoms with Crippen LogP contribution in [0.25, 0.3) is 0 Å². The van der Waals surface area contributed by atoms with Crippen LogP contribution in [0, 0.1) is 0 Å². The van der Waals surface area contributed by atoms with Gasteiger partial charge in [0, 0.05) is 17.6 Å². The number of para-hydroxylation sites is 1. The Morgan fingerprint density at radius 1 is 1.24 bits per heavy atom. The van der Waals surface area contributed by atoms with Crippen molar-refractivity contribution in [3.63, 3.8) is 0 Å². The molecule has 0 bridgehead atoms. The van der Waals surface area contributed by atoms with Gasteiger partial charge in [-0.05, 0) is 68.5 Å². The molecule has 1 rings (SSSR count). The van der Waals surface area contributed by atoms with E-state index in [4.69, 9.17) is 4.74 Å².